The van der Waals surface area contributed by atoms with E-state index >= 15 is 0 Å². The molecule has 2 aromatic carbocycles. The van der Waals surface area contributed by atoms with Crippen LogP contribution in [0.2, 0.25) is 0 Å². The zero-order valence-electron chi connectivity index (χ0n) is 22.3. The third-order valence-electron chi connectivity index (χ3n) is 5.59. The van der Waals surface area contributed by atoms with Gasteiger partial charge >= 0.3 is 12.2 Å². The molecule has 0 unspecified atom stereocenters. The molecule has 0 radical (unpaired) electrons. The number of amides is 2. The predicted molar refractivity (Wildman–Crippen MR) is 139 cm³/mol. The molecule has 1 atom stereocenters. The van der Waals surface area contributed by atoms with Gasteiger partial charge in [0.1, 0.15) is 11.5 Å². The van der Waals surface area contributed by atoms with Gasteiger partial charge in [0.2, 0.25) is 0 Å². The summed E-state index contributed by atoms with van der Waals surface area (Å²) < 4.78 is 22.1. The van der Waals surface area contributed by atoms with Crippen LogP contribution in [0, 0.1) is 5.41 Å². The number of benzene rings is 2. The Morgan fingerprint density at radius 2 is 1.31 bits per heavy atom. The monoisotopic (exact) mass is 500 g/mol. The Kier molecular flexibility index (Phi) is 10.4. The third-order valence-corrected chi connectivity index (χ3v) is 5.59. The topological polar surface area (TPSA) is 100 Å². The highest BCUT2D eigenvalue weighted by Crippen LogP contribution is 2.36. The molecule has 0 fully saturated rings. The summed E-state index contributed by atoms with van der Waals surface area (Å²) in [7, 11) is 3.21. The maximum atomic E-state index is 13.7. The number of carbonyl (C=O) groups is 2. The number of rotatable bonds is 12. The van der Waals surface area contributed by atoms with E-state index in [4.69, 9.17) is 24.7 Å². The van der Waals surface area contributed by atoms with Gasteiger partial charge in [0.25, 0.3) is 5.79 Å². The van der Waals surface area contributed by atoms with Crippen LogP contribution in [0.4, 0.5) is 9.59 Å². The second-order valence-electron chi connectivity index (χ2n) is 10.1. The van der Waals surface area contributed by atoms with E-state index in [1.165, 1.54) is 0 Å². The molecule has 0 saturated carbocycles. The molecular formula is C28H40N2O6. The van der Waals surface area contributed by atoms with E-state index in [1.807, 2.05) is 76.2 Å². The van der Waals surface area contributed by atoms with E-state index in [0.717, 1.165) is 29.0 Å². The molecule has 0 saturated heterocycles. The molecule has 36 heavy (non-hydrogen) atoms. The molecule has 0 aliphatic carbocycles. The van der Waals surface area contributed by atoms with E-state index in [2.05, 4.69) is 0 Å². The lowest BCUT2D eigenvalue weighted by atomic mass is 9.85. The van der Waals surface area contributed by atoms with Crippen molar-refractivity contribution in [1.29, 1.82) is 0 Å². The molecule has 0 aliphatic heterocycles. The minimum atomic E-state index is -1.46. The highest BCUT2D eigenvalue weighted by molar-refractivity contribution is 5.69. The largest absolute Gasteiger partial charge is 0.497 e. The molecule has 0 spiro atoms. The second-order valence-corrected chi connectivity index (χ2v) is 10.1. The summed E-state index contributed by atoms with van der Waals surface area (Å²) in [5.41, 5.74) is 6.93. The van der Waals surface area contributed by atoms with Gasteiger partial charge in [-0.3, -0.25) is 4.90 Å². The molecule has 2 aromatic rings. The van der Waals surface area contributed by atoms with Crippen LogP contribution in [0.25, 0.3) is 0 Å². The zero-order valence-corrected chi connectivity index (χ0v) is 22.3. The Morgan fingerprint density at radius 3 is 1.67 bits per heavy atom. The summed E-state index contributed by atoms with van der Waals surface area (Å²) in [6.45, 7) is 8.58. The van der Waals surface area contributed by atoms with Crippen molar-refractivity contribution in [3.8, 4) is 11.5 Å². The number of nitrogens with zero attached hydrogens (tertiary/aromatic N) is 1. The van der Waals surface area contributed by atoms with E-state index in [9.17, 15) is 9.59 Å². The SMILES string of the molecule is CCCC[C@](CC(C)(C)C)(OC(N)=O)OC(=O)N(Cc1ccc(OC)cc1)Cc1ccc(OC)cc1. The first-order valence-corrected chi connectivity index (χ1v) is 12.2. The summed E-state index contributed by atoms with van der Waals surface area (Å²) >= 11 is 0. The summed E-state index contributed by atoms with van der Waals surface area (Å²) in [6, 6.07) is 14.9. The number of primary amides is 1. The van der Waals surface area contributed by atoms with Gasteiger partial charge in [-0.15, -0.1) is 0 Å². The van der Waals surface area contributed by atoms with Crippen LogP contribution in [0.15, 0.2) is 48.5 Å². The maximum absolute atomic E-state index is 13.7. The average Bonchev–Trinajstić information content (AvgIpc) is 2.81. The molecule has 0 bridgehead atoms. The quantitative estimate of drug-likeness (QED) is 0.345. The van der Waals surface area contributed by atoms with Crippen molar-refractivity contribution in [1.82, 2.24) is 4.90 Å². The lowest BCUT2D eigenvalue weighted by Gasteiger charge is -2.38. The molecule has 198 valence electrons. The summed E-state index contributed by atoms with van der Waals surface area (Å²) in [5, 5.41) is 0. The smallest absolute Gasteiger partial charge is 0.413 e. The Morgan fingerprint density at radius 1 is 0.833 bits per heavy atom. The van der Waals surface area contributed by atoms with Crippen LogP contribution in [0.5, 0.6) is 11.5 Å². The van der Waals surface area contributed by atoms with Crippen LogP contribution >= 0.6 is 0 Å². The van der Waals surface area contributed by atoms with Gasteiger partial charge in [-0.05, 0) is 47.2 Å². The summed E-state index contributed by atoms with van der Waals surface area (Å²) in [4.78, 5) is 27.1. The molecule has 0 aromatic heterocycles. The van der Waals surface area contributed by atoms with E-state index in [1.54, 1.807) is 19.1 Å². The number of carbonyl (C=O) groups excluding carboxylic acids is 2. The number of hydrogen-bond acceptors (Lipinski definition) is 6. The Labute approximate surface area is 214 Å². The fraction of sp³-hybridized carbons (Fsp3) is 0.500. The van der Waals surface area contributed by atoms with Crippen molar-refractivity contribution in [2.24, 2.45) is 11.1 Å². The number of hydrogen-bond donors (Lipinski definition) is 1. The Bertz CT molecular complexity index is 920. The standard InChI is InChI=1S/C28H40N2O6/c1-7-8-17-28(35-25(29)31,20-27(2,3)4)36-26(32)30(18-21-9-13-23(33-5)14-10-21)19-22-11-15-24(34-6)16-12-22/h9-16H,7-8,17-20H2,1-6H3,(H2,29,31)/t28-/m0/s1. The maximum Gasteiger partial charge on any atom is 0.413 e. The summed E-state index contributed by atoms with van der Waals surface area (Å²) in [5.74, 6) is -0.0156. The van der Waals surface area contributed by atoms with E-state index < -0.39 is 18.0 Å². The van der Waals surface area contributed by atoms with Crippen molar-refractivity contribution < 1.29 is 28.5 Å². The Balaban J connectivity index is 2.39. The van der Waals surface area contributed by atoms with Crippen LogP contribution in [0.1, 0.15) is 64.5 Å². The van der Waals surface area contributed by atoms with Crippen molar-refractivity contribution >= 4 is 12.2 Å². The third kappa shape index (κ3) is 9.32. The van der Waals surface area contributed by atoms with Crippen molar-refractivity contribution in [3.63, 3.8) is 0 Å². The van der Waals surface area contributed by atoms with Gasteiger partial charge in [0.05, 0.1) is 14.2 Å². The molecule has 0 aliphatic rings. The van der Waals surface area contributed by atoms with Crippen LogP contribution in [-0.4, -0.2) is 37.1 Å². The molecule has 0 heterocycles. The van der Waals surface area contributed by atoms with Gasteiger partial charge in [-0.2, -0.15) is 0 Å². The lowest BCUT2D eigenvalue weighted by Crippen LogP contribution is -2.47. The Hall–Kier alpha value is -3.42. The minimum Gasteiger partial charge on any atom is -0.497 e. The average molecular weight is 501 g/mol. The molecule has 2 rings (SSSR count). The van der Waals surface area contributed by atoms with Gasteiger partial charge in [-0.1, -0.05) is 58.4 Å². The number of unbranched alkanes of at least 4 members (excludes halogenated alkanes) is 1. The molecule has 8 nitrogen and oxygen atoms in total. The van der Waals surface area contributed by atoms with Crippen molar-refractivity contribution in [3.05, 3.63) is 59.7 Å². The van der Waals surface area contributed by atoms with Gasteiger partial charge in [-0.25, -0.2) is 9.59 Å². The van der Waals surface area contributed by atoms with Crippen LogP contribution in [-0.2, 0) is 22.6 Å². The first-order chi connectivity index (χ1) is 17.0. The van der Waals surface area contributed by atoms with Gasteiger partial charge in [0, 0.05) is 25.9 Å². The highest BCUT2D eigenvalue weighted by atomic mass is 16.7. The number of nitrogens with two attached hydrogens (primary N) is 1. The van der Waals surface area contributed by atoms with Gasteiger partial charge in [0.15, 0.2) is 0 Å². The minimum absolute atomic E-state index is 0.283. The van der Waals surface area contributed by atoms with Gasteiger partial charge < -0.3 is 24.7 Å². The van der Waals surface area contributed by atoms with E-state index in [0.29, 0.717) is 19.3 Å². The van der Waals surface area contributed by atoms with Crippen molar-refractivity contribution in [2.75, 3.05) is 14.2 Å². The number of methoxy groups -OCH3 is 2. The van der Waals surface area contributed by atoms with Crippen LogP contribution in [0.3, 0.4) is 0 Å². The van der Waals surface area contributed by atoms with Crippen molar-refractivity contribution in [2.45, 2.75) is 72.3 Å². The first kappa shape index (κ1) is 28.8. The molecule has 2 N–H and O–H groups in total. The van der Waals surface area contributed by atoms with Crippen LogP contribution < -0.4 is 15.2 Å². The molecule has 2 amide bonds. The fourth-order valence-electron chi connectivity index (χ4n) is 4.03. The molecule has 8 heteroatoms. The summed E-state index contributed by atoms with van der Waals surface area (Å²) in [6.07, 6.45) is 0.644. The normalized spacial score (nSPS) is 12.8. The fourth-order valence-corrected chi connectivity index (χ4v) is 4.03. The van der Waals surface area contributed by atoms with E-state index in [-0.39, 0.29) is 18.5 Å². The number of ether oxygens (including phenoxy) is 4. The zero-order chi connectivity index (χ0) is 26.8. The highest BCUT2D eigenvalue weighted by Gasteiger charge is 2.42. The predicted octanol–water partition coefficient (Wildman–Crippen LogP) is 6.26. The second kappa shape index (κ2) is 13.0. The first-order valence-electron chi connectivity index (χ1n) is 12.2. The lowest BCUT2D eigenvalue weighted by molar-refractivity contribution is -0.190. The molecular weight excluding hydrogens is 460 g/mol.